The van der Waals surface area contributed by atoms with E-state index in [1.165, 1.54) is 24.3 Å². The molecule has 184 valence electrons. The monoisotopic (exact) mass is 494 g/mol. The Balaban J connectivity index is 1.63. The van der Waals surface area contributed by atoms with Gasteiger partial charge in [-0.2, -0.15) is 5.26 Å². The molecule has 0 aromatic heterocycles. The molecule has 2 aromatic rings. The van der Waals surface area contributed by atoms with Crippen LogP contribution in [-0.2, 0) is 25.0 Å². The van der Waals surface area contributed by atoms with Crippen molar-refractivity contribution in [3.05, 3.63) is 71.0 Å². The standard InChI is InChI=1S/C27H30N2O5S/c1-3-12-26(13-4-2)17-23(30)24(25(31)34-26)27(14-15-27)20-6-5-7-21(16-20)29-35(32,33)22-10-8-19(18-28)9-11-22/h5-11,16,29-30H,3-4,12-15,17H2,1-2H3. The third-order valence-corrected chi connectivity index (χ3v) is 8.29. The number of nitrogens with one attached hydrogen (secondary N) is 1. The molecule has 1 aliphatic heterocycles. The Morgan fingerprint density at radius 3 is 2.29 bits per heavy atom. The molecule has 1 aliphatic carbocycles. The van der Waals surface area contributed by atoms with Crippen LogP contribution < -0.4 is 4.72 Å². The molecule has 1 heterocycles. The van der Waals surface area contributed by atoms with E-state index < -0.39 is 27.0 Å². The number of aliphatic hydroxyl groups excluding tert-OH is 1. The van der Waals surface area contributed by atoms with Crippen molar-refractivity contribution in [3.63, 3.8) is 0 Å². The lowest BCUT2D eigenvalue weighted by Gasteiger charge is -2.38. The summed E-state index contributed by atoms with van der Waals surface area (Å²) in [6.07, 6.45) is 4.74. The van der Waals surface area contributed by atoms with Crippen LogP contribution >= 0.6 is 0 Å². The van der Waals surface area contributed by atoms with E-state index in [1.807, 2.05) is 26.0 Å². The molecule has 2 aromatic carbocycles. The second-order valence-corrected chi connectivity index (χ2v) is 11.2. The van der Waals surface area contributed by atoms with Crippen molar-refractivity contribution in [2.75, 3.05) is 4.72 Å². The SMILES string of the molecule is CCCC1(CCC)CC(O)=C(C2(c3cccc(NS(=O)(=O)c4ccc(C#N)cc4)c3)CC2)C(=O)O1. The van der Waals surface area contributed by atoms with Gasteiger partial charge in [-0.3, -0.25) is 4.72 Å². The zero-order valence-electron chi connectivity index (χ0n) is 20.0. The Labute approximate surface area is 206 Å². The molecule has 0 unspecified atom stereocenters. The fourth-order valence-corrected chi connectivity index (χ4v) is 6.24. The quantitative estimate of drug-likeness (QED) is 0.445. The number of rotatable bonds is 9. The van der Waals surface area contributed by atoms with Gasteiger partial charge in [-0.25, -0.2) is 13.2 Å². The van der Waals surface area contributed by atoms with Crippen LogP contribution in [0, 0.1) is 11.3 Å². The number of hydrogen-bond acceptors (Lipinski definition) is 6. The summed E-state index contributed by atoms with van der Waals surface area (Å²) in [4.78, 5) is 13.3. The maximum absolute atomic E-state index is 13.2. The number of esters is 1. The molecule has 2 aliphatic rings. The van der Waals surface area contributed by atoms with Gasteiger partial charge < -0.3 is 9.84 Å². The summed E-state index contributed by atoms with van der Waals surface area (Å²) in [5, 5.41) is 20.0. The number of hydrogen-bond donors (Lipinski definition) is 2. The van der Waals surface area contributed by atoms with Crippen LogP contribution in [0.1, 0.15) is 69.9 Å². The molecular formula is C27H30N2O5S. The summed E-state index contributed by atoms with van der Waals surface area (Å²) in [5.74, 6) is -0.388. The van der Waals surface area contributed by atoms with E-state index in [2.05, 4.69) is 4.72 Å². The van der Waals surface area contributed by atoms with Crippen LogP contribution in [0.25, 0.3) is 0 Å². The van der Waals surface area contributed by atoms with Crippen molar-refractivity contribution >= 4 is 21.7 Å². The number of nitriles is 1. The second kappa shape index (κ2) is 9.38. The Bertz CT molecular complexity index is 1300. The first-order valence-corrected chi connectivity index (χ1v) is 13.5. The number of benzene rings is 2. The van der Waals surface area contributed by atoms with Gasteiger partial charge in [0, 0.05) is 17.5 Å². The molecule has 0 saturated heterocycles. The van der Waals surface area contributed by atoms with Gasteiger partial charge in [0.15, 0.2) is 0 Å². The van der Waals surface area contributed by atoms with Gasteiger partial charge in [-0.05, 0) is 67.6 Å². The van der Waals surface area contributed by atoms with Crippen LogP contribution in [0.3, 0.4) is 0 Å². The Morgan fingerprint density at radius 2 is 1.74 bits per heavy atom. The van der Waals surface area contributed by atoms with E-state index in [0.717, 1.165) is 18.4 Å². The van der Waals surface area contributed by atoms with Crippen LogP contribution in [0.2, 0.25) is 0 Å². The zero-order valence-corrected chi connectivity index (χ0v) is 20.8. The fraction of sp³-hybridized carbons (Fsp3) is 0.407. The molecule has 35 heavy (non-hydrogen) atoms. The van der Waals surface area contributed by atoms with Crippen LogP contribution in [0.15, 0.2) is 64.8 Å². The van der Waals surface area contributed by atoms with Gasteiger partial charge >= 0.3 is 5.97 Å². The minimum Gasteiger partial charge on any atom is -0.512 e. The molecule has 1 fully saturated rings. The van der Waals surface area contributed by atoms with Crippen molar-refractivity contribution in [2.24, 2.45) is 0 Å². The maximum Gasteiger partial charge on any atom is 0.338 e. The lowest BCUT2D eigenvalue weighted by molar-refractivity contribution is -0.161. The van der Waals surface area contributed by atoms with E-state index in [4.69, 9.17) is 10.00 Å². The Morgan fingerprint density at radius 1 is 1.09 bits per heavy atom. The molecule has 0 spiro atoms. The highest BCUT2D eigenvalue weighted by Gasteiger charge is 2.55. The maximum atomic E-state index is 13.2. The molecule has 4 rings (SSSR count). The van der Waals surface area contributed by atoms with Gasteiger partial charge in [0.2, 0.25) is 0 Å². The minimum absolute atomic E-state index is 0.0439. The number of ether oxygens (including phenoxy) is 1. The van der Waals surface area contributed by atoms with Crippen molar-refractivity contribution in [3.8, 4) is 6.07 Å². The predicted molar refractivity (Wildman–Crippen MR) is 132 cm³/mol. The minimum atomic E-state index is -3.87. The highest BCUT2D eigenvalue weighted by Crippen LogP contribution is 2.57. The average molecular weight is 495 g/mol. The highest BCUT2D eigenvalue weighted by atomic mass is 32.2. The molecule has 7 nitrogen and oxygen atoms in total. The highest BCUT2D eigenvalue weighted by molar-refractivity contribution is 7.92. The number of aliphatic hydroxyl groups is 1. The number of sulfonamides is 1. The summed E-state index contributed by atoms with van der Waals surface area (Å²) in [7, 11) is -3.87. The van der Waals surface area contributed by atoms with Crippen molar-refractivity contribution in [1.82, 2.24) is 0 Å². The normalized spacial score (nSPS) is 18.5. The number of nitrogens with zero attached hydrogens (tertiary/aromatic N) is 1. The molecule has 8 heteroatoms. The van der Waals surface area contributed by atoms with E-state index in [-0.39, 0.29) is 10.7 Å². The summed E-state index contributed by atoms with van der Waals surface area (Å²) in [5.41, 5.74) is 0.441. The molecule has 0 amide bonds. The average Bonchev–Trinajstić information content (AvgIpc) is 3.60. The molecular weight excluding hydrogens is 464 g/mol. The van der Waals surface area contributed by atoms with Gasteiger partial charge in [0.25, 0.3) is 10.0 Å². The molecule has 0 radical (unpaired) electrons. The lowest BCUT2D eigenvalue weighted by Crippen LogP contribution is -2.42. The summed E-state index contributed by atoms with van der Waals surface area (Å²) in [6, 6.07) is 14.6. The van der Waals surface area contributed by atoms with E-state index >= 15 is 0 Å². The second-order valence-electron chi connectivity index (χ2n) is 9.48. The largest absolute Gasteiger partial charge is 0.512 e. The lowest BCUT2D eigenvalue weighted by atomic mass is 9.79. The number of carbonyl (C=O) groups is 1. The predicted octanol–water partition coefficient (Wildman–Crippen LogP) is 5.49. The van der Waals surface area contributed by atoms with Crippen LogP contribution in [0.5, 0.6) is 0 Å². The molecule has 2 N–H and O–H groups in total. The molecule has 0 atom stereocenters. The molecule has 0 bridgehead atoms. The van der Waals surface area contributed by atoms with Gasteiger partial charge in [-0.15, -0.1) is 0 Å². The number of anilines is 1. The van der Waals surface area contributed by atoms with Crippen LogP contribution in [0.4, 0.5) is 5.69 Å². The van der Waals surface area contributed by atoms with E-state index in [1.54, 1.807) is 18.2 Å². The fourth-order valence-electron chi connectivity index (χ4n) is 5.19. The summed E-state index contributed by atoms with van der Waals surface area (Å²) >= 11 is 0. The topological polar surface area (TPSA) is 116 Å². The number of carbonyl (C=O) groups excluding carboxylic acids is 1. The van der Waals surface area contributed by atoms with Crippen molar-refractivity contribution < 1.29 is 23.1 Å². The van der Waals surface area contributed by atoms with Gasteiger partial charge in [0.1, 0.15) is 11.4 Å². The van der Waals surface area contributed by atoms with Crippen molar-refractivity contribution in [2.45, 2.75) is 74.7 Å². The van der Waals surface area contributed by atoms with Gasteiger partial charge in [-0.1, -0.05) is 38.8 Å². The third kappa shape index (κ3) is 4.78. The van der Waals surface area contributed by atoms with E-state index in [9.17, 15) is 18.3 Å². The Kier molecular flexibility index (Phi) is 6.65. The smallest absolute Gasteiger partial charge is 0.338 e. The third-order valence-electron chi connectivity index (χ3n) is 6.89. The Hall–Kier alpha value is -3.31. The summed E-state index contributed by atoms with van der Waals surface area (Å²) < 4.78 is 34.3. The molecule has 1 saturated carbocycles. The number of cyclic esters (lactones) is 1. The van der Waals surface area contributed by atoms with Crippen LogP contribution in [-0.4, -0.2) is 25.1 Å². The van der Waals surface area contributed by atoms with Crippen molar-refractivity contribution in [1.29, 1.82) is 5.26 Å². The first-order chi connectivity index (χ1) is 16.7. The summed E-state index contributed by atoms with van der Waals surface area (Å²) in [6.45, 7) is 4.07. The zero-order chi connectivity index (χ0) is 25.3. The van der Waals surface area contributed by atoms with E-state index in [0.29, 0.717) is 48.9 Å². The van der Waals surface area contributed by atoms with Gasteiger partial charge in [0.05, 0.1) is 22.1 Å². The first kappa shape index (κ1) is 24.8. The first-order valence-electron chi connectivity index (χ1n) is 12.0.